The first-order valence-corrected chi connectivity index (χ1v) is 9.53. The summed E-state index contributed by atoms with van der Waals surface area (Å²) in [6.07, 6.45) is 3.84. The second-order valence-electron chi connectivity index (χ2n) is 6.33. The zero-order valence-electron chi connectivity index (χ0n) is 15.4. The first-order chi connectivity index (χ1) is 12.9. The molecular formula is C19H21N5O2S. The molecule has 0 aliphatic rings. The lowest BCUT2D eigenvalue weighted by atomic mass is 10.1. The van der Waals surface area contributed by atoms with E-state index in [9.17, 15) is 9.59 Å². The second-order valence-corrected chi connectivity index (χ2v) is 7.22. The number of carbonyl (C=O) groups excluding carboxylic acids is 1. The van der Waals surface area contributed by atoms with Gasteiger partial charge in [-0.1, -0.05) is 0 Å². The van der Waals surface area contributed by atoms with E-state index in [1.807, 2.05) is 19.2 Å². The highest BCUT2D eigenvalue weighted by atomic mass is 32.1. The molecule has 3 rings (SSSR count). The molecule has 0 aliphatic carbocycles. The molecule has 3 aromatic rings. The maximum Gasteiger partial charge on any atom is 0.254 e. The van der Waals surface area contributed by atoms with Gasteiger partial charge in [0.15, 0.2) is 0 Å². The van der Waals surface area contributed by atoms with Crippen molar-refractivity contribution in [2.24, 2.45) is 0 Å². The first-order valence-electron chi connectivity index (χ1n) is 8.65. The second kappa shape index (κ2) is 8.22. The molecule has 0 spiro atoms. The number of rotatable bonds is 6. The number of nitrogens with one attached hydrogen (secondary N) is 2. The quantitative estimate of drug-likeness (QED) is 0.682. The molecule has 0 aliphatic heterocycles. The molecule has 8 heteroatoms. The SMILES string of the molecule is Cc1csc(C(C)NC(=O)CCc2c(C)nc(-c3ccncc3)[nH]c2=O)n1. The Kier molecular flexibility index (Phi) is 5.75. The third kappa shape index (κ3) is 4.65. The van der Waals surface area contributed by atoms with Crippen LogP contribution in [0.3, 0.4) is 0 Å². The minimum absolute atomic E-state index is 0.118. The lowest BCUT2D eigenvalue weighted by molar-refractivity contribution is -0.121. The Hall–Kier alpha value is -2.87. The number of hydrogen-bond donors (Lipinski definition) is 2. The molecular weight excluding hydrogens is 362 g/mol. The Morgan fingerprint density at radius 3 is 2.63 bits per heavy atom. The van der Waals surface area contributed by atoms with Crippen molar-refractivity contribution in [1.29, 1.82) is 0 Å². The summed E-state index contributed by atoms with van der Waals surface area (Å²) in [4.78, 5) is 40.3. The summed E-state index contributed by atoms with van der Waals surface area (Å²) in [5.41, 5.74) is 2.68. The highest BCUT2D eigenvalue weighted by Crippen LogP contribution is 2.18. The van der Waals surface area contributed by atoms with Gasteiger partial charge in [0, 0.05) is 46.7 Å². The van der Waals surface area contributed by atoms with Gasteiger partial charge < -0.3 is 10.3 Å². The molecule has 3 heterocycles. The van der Waals surface area contributed by atoms with Gasteiger partial charge in [-0.3, -0.25) is 14.6 Å². The standard InChI is InChI=1S/C19H21N5O2S/c1-11-10-27-19(21-11)13(3)22-16(25)5-4-15-12(2)23-17(24-18(15)26)14-6-8-20-9-7-14/h6-10,13H,4-5H2,1-3H3,(H,22,25)(H,23,24,26). The van der Waals surface area contributed by atoms with Crippen LogP contribution in [-0.2, 0) is 11.2 Å². The topological polar surface area (TPSA) is 101 Å². The smallest absolute Gasteiger partial charge is 0.254 e. The minimum atomic E-state index is -0.217. The predicted octanol–water partition coefficient (Wildman–Crippen LogP) is 2.72. The zero-order valence-corrected chi connectivity index (χ0v) is 16.3. The van der Waals surface area contributed by atoms with E-state index >= 15 is 0 Å². The Bertz CT molecular complexity index is 997. The Morgan fingerprint density at radius 2 is 2.00 bits per heavy atom. The van der Waals surface area contributed by atoms with E-state index in [1.165, 1.54) is 11.3 Å². The summed E-state index contributed by atoms with van der Waals surface area (Å²) in [5, 5.41) is 5.75. The molecule has 0 bridgehead atoms. The van der Waals surface area contributed by atoms with E-state index in [0.717, 1.165) is 16.3 Å². The number of hydrogen-bond acceptors (Lipinski definition) is 6. The Balaban J connectivity index is 1.65. The third-order valence-electron chi connectivity index (χ3n) is 4.16. The van der Waals surface area contributed by atoms with Crippen molar-refractivity contribution >= 4 is 17.2 Å². The van der Waals surface area contributed by atoms with Crippen LogP contribution in [0.5, 0.6) is 0 Å². The van der Waals surface area contributed by atoms with E-state index < -0.39 is 0 Å². The number of aromatic nitrogens is 4. The lowest BCUT2D eigenvalue weighted by Crippen LogP contribution is -2.28. The molecule has 7 nitrogen and oxygen atoms in total. The highest BCUT2D eigenvalue weighted by Gasteiger charge is 2.15. The molecule has 27 heavy (non-hydrogen) atoms. The largest absolute Gasteiger partial charge is 0.347 e. The van der Waals surface area contributed by atoms with Crippen molar-refractivity contribution in [3.63, 3.8) is 0 Å². The maximum absolute atomic E-state index is 12.4. The molecule has 0 radical (unpaired) electrons. The van der Waals surface area contributed by atoms with E-state index in [0.29, 0.717) is 23.5 Å². The molecule has 0 saturated carbocycles. The van der Waals surface area contributed by atoms with Crippen LogP contribution in [0.2, 0.25) is 0 Å². The number of aromatic amines is 1. The van der Waals surface area contributed by atoms with Crippen molar-refractivity contribution in [3.8, 4) is 11.4 Å². The van der Waals surface area contributed by atoms with Gasteiger partial charge in [0.25, 0.3) is 5.56 Å². The highest BCUT2D eigenvalue weighted by molar-refractivity contribution is 7.09. The summed E-state index contributed by atoms with van der Waals surface area (Å²) < 4.78 is 0. The van der Waals surface area contributed by atoms with Crippen molar-refractivity contribution < 1.29 is 4.79 Å². The predicted molar refractivity (Wildman–Crippen MR) is 105 cm³/mol. The number of carbonyl (C=O) groups is 1. The van der Waals surface area contributed by atoms with Gasteiger partial charge in [-0.25, -0.2) is 9.97 Å². The van der Waals surface area contributed by atoms with Gasteiger partial charge in [-0.2, -0.15) is 0 Å². The number of aryl methyl sites for hydroxylation is 2. The van der Waals surface area contributed by atoms with Crippen molar-refractivity contribution in [2.45, 2.75) is 39.7 Å². The molecule has 2 N–H and O–H groups in total. The monoisotopic (exact) mass is 383 g/mol. The van der Waals surface area contributed by atoms with Gasteiger partial charge in [-0.05, 0) is 39.3 Å². The van der Waals surface area contributed by atoms with Gasteiger partial charge in [0.05, 0.1) is 6.04 Å². The lowest BCUT2D eigenvalue weighted by Gasteiger charge is -2.12. The summed E-state index contributed by atoms with van der Waals surface area (Å²) in [5.74, 6) is 0.383. The Labute approximate surface area is 160 Å². The summed E-state index contributed by atoms with van der Waals surface area (Å²) >= 11 is 1.52. The van der Waals surface area contributed by atoms with Crippen LogP contribution in [-0.4, -0.2) is 25.8 Å². The van der Waals surface area contributed by atoms with Crippen molar-refractivity contribution in [3.05, 3.63) is 62.2 Å². The Morgan fingerprint density at radius 1 is 1.26 bits per heavy atom. The fourth-order valence-electron chi connectivity index (χ4n) is 2.74. The fourth-order valence-corrected chi connectivity index (χ4v) is 3.54. The summed E-state index contributed by atoms with van der Waals surface area (Å²) in [6, 6.07) is 3.42. The average molecular weight is 383 g/mol. The summed E-state index contributed by atoms with van der Waals surface area (Å²) in [7, 11) is 0. The number of pyridine rings is 1. The molecule has 0 saturated heterocycles. The van der Waals surface area contributed by atoms with Crippen LogP contribution in [0.25, 0.3) is 11.4 Å². The zero-order chi connectivity index (χ0) is 19.4. The van der Waals surface area contributed by atoms with Crippen LogP contribution in [0, 0.1) is 13.8 Å². The molecule has 0 aromatic carbocycles. The number of amides is 1. The number of H-pyrrole nitrogens is 1. The first kappa shape index (κ1) is 18.9. The van der Waals surface area contributed by atoms with Crippen LogP contribution in [0.4, 0.5) is 0 Å². The van der Waals surface area contributed by atoms with E-state index in [-0.39, 0.29) is 23.9 Å². The fraction of sp³-hybridized carbons (Fsp3) is 0.316. The molecule has 1 atom stereocenters. The van der Waals surface area contributed by atoms with Crippen LogP contribution < -0.4 is 10.9 Å². The van der Waals surface area contributed by atoms with E-state index in [2.05, 4.69) is 25.3 Å². The van der Waals surface area contributed by atoms with E-state index in [1.54, 1.807) is 31.5 Å². The van der Waals surface area contributed by atoms with Gasteiger partial charge in [0.1, 0.15) is 10.8 Å². The molecule has 140 valence electrons. The summed E-state index contributed by atoms with van der Waals surface area (Å²) in [6.45, 7) is 5.61. The number of thiazole rings is 1. The molecule has 3 aromatic heterocycles. The van der Waals surface area contributed by atoms with Crippen LogP contribution >= 0.6 is 11.3 Å². The number of nitrogens with zero attached hydrogens (tertiary/aromatic N) is 3. The maximum atomic E-state index is 12.4. The van der Waals surface area contributed by atoms with Crippen molar-refractivity contribution in [2.75, 3.05) is 0 Å². The molecule has 0 fully saturated rings. The van der Waals surface area contributed by atoms with Gasteiger partial charge in [0.2, 0.25) is 5.91 Å². The third-order valence-corrected chi connectivity index (χ3v) is 5.31. The van der Waals surface area contributed by atoms with Crippen molar-refractivity contribution in [1.82, 2.24) is 25.3 Å². The van der Waals surface area contributed by atoms with E-state index in [4.69, 9.17) is 0 Å². The molecule has 1 amide bonds. The normalized spacial score (nSPS) is 12.0. The average Bonchev–Trinajstić information content (AvgIpc) is 3.08. The van der Waals surface area contributed by atoms with Gasteiger partial charge >= 0.3 is 0 Å². The van der Waals surface area contributed by atoms with Crippen LogP contribution in [0.15, 0.2) is 34.7 Å². The van der Waals surface area contributed by atoms with Gasteiger partial charge in [-0.15, -0.1) is 11.3 Å². The minimum Gasteiger partial charge on any atom is -0.347 e. The van der Waals surface area contributed by atoms with Crippen LogP contribution in [0.1, 0.15) is 41.3 Å². The molecule has 1 unspecified atom stereocenters.